The van der Waals surface area contributed by atoms with Crippen LogP contribution in [0.2, 0.25) is 0 Å². The quantitative estimate of drug-likeness (QED) is 0.680. The summed E-state index contributed by atoms with van der Waals surface area (Å²) in [5.74, 6) is -2.93. The van der Waals surface area contributed by atoms with E-state index in [0.29, 0.717) is 0 Å². The summed E-state index contributed by atoms with van der Waals surface area (Å²) < 4.78 is 26.3. The van der Waals surface area contributed by atoms with Gasteiger partial charge in [0.2, 0.25) is 5.91 Å². The molecule has 0 aliphatic heterocycles. The van der Waals surface area contributed by atoms with Gasteiger partial charge in [0.1, 0.15) is 11.6 Å². The number of carbonyl (C=O) groups excluding carboxylic acids is 1. The molecule has 6 heteroatoms. The molecule has 3 aromatic rings. The maximum Gasteiger partial charge on any atom is 0.337 e. The first-order valence-electron chi connectivity index (χ1n) is 7.63. The van der Waals surface area contributed by atoms with Crippen molar-refractivity contribution in [1.29, 1.82) is 0 Å². The first kappa shape index (κ1) is 17.3. The Bertz CT molecular complexity index is 1040. The van der Waals surface area contributed by atoms with Gasteiger partial charge in [0.15, 0.2) is 0 Å². The molecule has 26 heavy (non-hydrogen) atoms. The summed E-state index contributed by atoms with van der Waals surface area (Å²) in [6.45, 7) is 0. The second kappa shape index (κ2) is 7.14. The molecule has 0 aromatic heterocycles. The van der Waals surface area contributed by atoms with Crippen molar-refractivity contribution in [1.82, 2.24) is 0 Å². The number of carbonyl (C=O) groups is 2. The van der Waals surface area contributed by atoms with Crippen LogP contribution in [0.25, 0.3) is 16.8 Å². The van der Waals surface area contributed by atoms with Crippen LogP contribution in [-0.4, -0.2) is 17.0 Å². The average molecular weight is 353 g/mol. The van der Waals surface area contributed by atoms with Crippen LogP contribution in [0.3, 0.4) is 0 Å². The molecule has 0 saturated heterocycles. The molecule has 130 valence electrons. The molecule has 2 N–H and O–H groups in total. The van der Waals surface area contributed by atoms with E-state index in [-0.39, 0.29) is 17.1 Å². The minimum Gasteiger partial charge on any atom is -0.478 e. The standard InChI is InChI=1S/C20H13F2NO3/c21-15-5-4-13-9-12(1-3-14(13)10-15)2-8-19(24)23-18-7-6-16(22)11-17(18)20(25)26/h1-11H,(H,23,24)(H,25,26). The van der Waals surface area contributed by atoms with Gasteiger partial charge in [-0.1, -0.05) is 18.2 Å². The zero-order valence-corrected chi connectivity index (χ0v) is 13.4. The van der Waals surface area contributed by atoms with E-state index in [9.17, 15) is 18.4 Å². The molecule has 0 unspecified atom stereocenters. The van der Waals surface area contributed by atoms with Crippen LogP contribution < -0.4 is 5.32 Å². The van der Waals surface area contributed by atoms with E-state index < -0.39 is 17.7 Å². The van der Waals surface area contributed by atoms with Crippen LogP contribution in [0.4, 0.5) is 14.5 Å². The number of hydrogen-bond acceptors (Lipinski definition) is 2. The lowest BCUT2D eigenvalue weighted by Gasteiger charge is -2.06. The van der Waals surface area contributed by atoms with Crippen molar-refractivity contribution in [2.75, 3.05) is 5.32 Å². The monoisotopic (exact) mass is 353 g/mol. The molecule has 0 aliphatic carbocycles. The predicted molar refractivity (Wildman–Crippen MR) is 94.9 cm³/mol. The first-order valence-corrected chi connectivity index (χ1v) is 7.63. The Hall–Kier alpha value is -3.54. The number of amides is 1. The van der Waals surface area contributed by atoms with Gasteiger partial charge < -0.3 is 10.4 Å². The third-order valence-electron chi connectivity index (χ3n) is 3.72. The number of halogens is 2. The minimum atomic E-state index is -1.34. The minimum absolute atomic E-state index is 0.00235. The van der Waals surface area contributed by atoms with Crippen LogP contribution >= 0.6 is 0 Å². The van der Waals surface area contributed by atoms with Crippen molar-refractivity contribution >= 4 is 34.4 Å². The van der Waals surface area contributed by atoms with E-state index in [4.69, 9.17) is 5.11 Å². The third kappa shape index (κ3) is 3.92. The van der Waals surface area contributed by atoms with E-state index in [1.54, 1.807) is 30.3 Å². The zero-order chi connectivity index (χ0) is 18.7. The highest BCUT2D eigenvalue weighted by molar-refractivity contribution is 6.06. The summed E-state index contributed by atoms with van der Waals surface area (Å²) in [6, 6.07) is 12.7. The van der Waals surface area contributed by atoms with Gasteiger partial charge in [-0.05, 0) is 58.8 Å². The molecule has 0 heterocycles. The molecule has 0 spiro atoms. The van der Waals surface area contributed by atoms with Crippen LogP contribution in [0, 0.1) is 11.6 Å². The van der Waals surface area contributed by atoms with E-state index in [1.807, 2.05) is 0 Å². The molecule has 0 atom stereocenters. The predicted octanol–water partition coefficient (Wildman–Crippen LogP) is 4.47. The molecule has 4 nitrogen and oxygen atoms in total. The number of fused-ring (bicyclic) bond motifs is 1. The summed E-state index contributed by atoms with van der Waals surface area (Å²) >= 11 is 0. The Morgan fingerprint density at radius 1 is 0.885 bits per heavy atom. The van der Waals surface area contributed by atoms with Gasteiger partial charge in [-0.2, -0.15) is 0 Å². The maximum atomic E-state index is 13.2. The average Bonchev–Trinajstić information content (AvgIpc) is 2.61. The van der Waals surface area contributed by atoms with E-state index in [1.165, 1.54) is 24.3 Å². The Labute approximate surface area is 147 Å². The van der Waals surface area contributed by atoms with E-state index in [2.05, 4.69) is 5.32 Å². The number of carboxylic acids is 1. The fourth-order valence-corrected chi connectivity index (χ4v) is 2.49. The molecule has 0 fully saturated rings. The fraction of sp³-hybridized carbons (Fsp3) is 0. The number of aromatic carboxylic acids is 1. The largest absolute Gasteiger partial charge is 0.478 e. The molecular formula is C20H13F2NO3. The molecule has 0 radical (unpaired) electrons. The summed E-state index contributed by atoms with van der Waals surface area (Å²) in [4.78, 5) is 23.1. The van der Waals surface area contributed by atoms with Crippen LogP contribution in [0.15, 0.2) is 60.7 Å². The van der Waals surface area contributed by atoms with Crippen LogP contribution in [0.1, 0.15) is 15.9 Å². The fourth-order valence-electron chi connectivity index (χ4n) is 2.49. The maximum absolute atomic E-state index is 13.2. The lowest BCUT2D eigenvalue weighted by atomic mass is 10.1. The number of rotatable bonds is 4. The Morgan fingerprint density at radius 2 is 1.54 bits per heavy atom. The highest BCUT2D eigenvalue weighted by Gasteiger charge is 2.12. The molecule has 3 rings (SSSR count). The first-order chi connectivity index (χ1) is 12.4. The number of carboxylic acid groups (broad SMARTS) is 1. The van der Waals surface area contributed by atoms with Crippen LogP contribution in [-0.2, 0) is 4.79 Å². The molecule has 0 saturated carbocycles. The summed E-state index contributed by atoms with van der Waals surface area (Å²) in [6.07, 6.45) is 2.78. The number of hydrogen-bond donors (Lipinski definition) is 2. The molecular weight excluding hydrogens is 340 g/mol. The lowest BCUT2D eigenvalue weighted by molar-refractivity contribution is -0.111. The van der Waals surface area contributed by atoms with Gasteiger partial charge in [0, 0.05) is 6.08 Å². The van der Waals surface area contributed by atoms with Crippen molar-refractivity contribution in [2.45, 2.75) is 0 Å². The van der Waals surface area contributed by atoms with Gasteiger partial charge in [-0.25, -0.2) is 13.6 Å². The normalized spacial score (nSPS) is 11.0. The number of anilines is 1. The van der Waals surface area contributed by atoms with Gasteiger partial charge >= 0.3 is 5.97 Å². The zero-order valence-electron chi connectivity index (χ0n) is 13.4. The third-order valence-corrected chi connectivity index (χ3v) is 3.72. The second-order valence-corrected chi connectivity index (χ2v) is 5.57. The van der Waals surface area contributed by atoms with Crippen molar-refractivity contribution in [3.05, 3.63) is 83.4 Å². The molecule has 1 amide bonds. The van der Waals surface area contributed by atoms with Crippen molar-refractivity contribution in [3.8, 4) is 0 Å². The highest BCUT2D eigenvalue weighted by Crippen LogP contribution is 2.19. The highest BCUT2D eigenvalue weighted by atomic mass is 19.1. The molecule has 3 aromatic carbocycles. The van der Waals surface area contributed by atoms with Gasteiger partial charge in [-0.15, -0.1) is 0 Å². The summed E-state index contributed by atoms with van der Waals surface area (Å²) in [5, 5.41) is 13.0. The summed E-state index contributed by atoms with van der Waals surface area (Å²) in [5.41, 5.74) is 0.388. The Kier molecular flexibility index (Phi) is 4.75. The van der Waals surface area contributed by atoms with E-state index in [0.717, 1.165) is 28.5 Å². The molecule has 0 aliphatic rings. The number of benzene rings is 3. The SMILES string of the molecule is O=C(C=Cc1ccc2cc(F)ccc2c1)Nc1ccc(F)cc1C(=O)O. The van der Waals surface area contributed by atoms with Crippen molar-refractivity contribution < 1.29 is 23.5 Å². The van der Waals surface area contributed by atoms with Gasteiger partial charge in [-0.3, -0.25) is 4.79 Å². The van der Waals surface area contributed by atoms with E-state index >= 15 is 0 Å². The van der Waals surface area contributed by atoms with Crippen molar-refractivity contribution in [2.24, 2.45) is 0 Å². The molecule has 0 bridgehead atoms. The number of nitrogens with one attached hydrogen (secondary N) is 1. The topological polar surface area (TPSA) is 66.4 Å². The van der Waals surface area contributed by atoms with Crippen molar-refractivity contribution in [3.63, 3.8) is 0 Å². The van der Waals surface area contributed by atoms with Gasteiger partial charge in [0.05, 0.1) is 11.3 Å². The van der Waals surface area contributed by atoms with Crippen LogP contribution in [0.5, 0.6) is 0 Å². The second-order valence-electron chi connectivity index (χ2n) is 5.57. The Morgan fingerprint density at radius 3 is 2.31 bits per heavy atom. The summed E-state index contributed by atoms with van der Waals surface area (Å²) in [7, 11) is 0. The lowest BCUT2D eigenvalue weighted by Crippen LogP contribution is -2.12. The Balaban J connectivity index is 1.78. The van der Waals surface area contributed by atoms with Gasteiger partial charge in [0.25, 0.3) is 0 Å². The smallest absolute Gasteiger partial charge is 0.337 e.